The van der Waals surface area contributed by atoms with Gasteiger partial charge in [-0.15, -0.1) is 0 Å². The first-order chi connectivity index (χ1) is 7.94. The molecule has 2 N–H and O–H groups in total. The Morgan fingerprint density at radius 3 is 1.06 bits per heavy atom. The molecular formula is C15H22O2Ti-2. The van der Waals surface area contributed by atoms with E-state index in [9.17, 15) is 0 Å². The quantitative estimate of drug-likeness (QED) is 0.443. The van der Waals surface area contributed by atoms with Gasteiger partial charge in [-0.1, -0.05) is 20.8 Å². The number of hydrogen-bond donors (Lipinski definition) is 2. The van der Waals surface area contributed by atoms with Gasteiger partial charge in [-0.25, -0.2) is 24.3 Å². The summed E-state index contributed by atoms with van der Waals surface area (Å²) in [6, 6.07) is 20.0. The fourth-order valence-electron chi connectivity index (χ4n) is 0.642. The first kappa shape index (κ1) is 19.7. The van der Waals surface area contributed by atoms with Crippen LogP contribution in [0, 0.1) is 5.41 Å². The van der Waals surface area contributed by atoms with Crippen molar-refractivity contribution in [1.29, 1.82) is 0 Å². The van der Waals surface area contributed by atoms with Crippen molar-refractivity contribution in [2.75, 3.05) is 0 Å². The first-order valence-electron chi connectivity index (χ1n) is 5.64. The van der Waals surface area contributed by atoms with Crippen LogP contribution in [0.25, 0.3) is 0 Å². The van der Waals surface area contributed by atoms with Crippen LogP contribution in [-0.4, -0.2) is 16.5 Å². The van der Waals surface area contributed by atoms with Crippen molar-refractivity contribution in [1.82, 2.24) is 0 Å². The number of rotatable bonds is 0. The molecule has 0 saturated heterocycles. The van der Waals surface area contributed by atoms with Gasteiger partial charge in [0.05, 0.1) is 0 Å². The molecule has 0 saturated carbocycles. The second-order valence-corrected chi connectivity index (χ2v) is 4.66. The maximum atomic E-state index is 8.44. The maximum Gasteiger partial charge on any atom is 0.156 e. The summed E-state index contributed by atoms with van der Waals surface area (Å²) in [5.41, 5.74) is -0.389. The molecule has 0 unspecified atom stereocenters. The van der Waals surface area contributed by atoms with Gasteiger partial charge in [0.2, 0.25) is 0 Å². The van der Waals surface area contributed by atoms with E-state index in [0.717, 1.165) is 0 Å². The van der Waals surface area contributed by atoms with E-state index in [1.165, 1.54) is 0 Å². The van der Waals surface area contributed by atoms with E-state index in [1.807, 2.05) is 60.7 Å². The number of aliphatic hydroxyl groups is 2. The third-order valence-electron chi connectivity index (χ3n) is 1.89. The van der Waals surface area contributed by atoms with Crippen LogP contribution in [0.15, 0.2) is 60.7 Å². The van der Waals surface area contributed by atoms with Crippen LogP contribution in [-0.2, 0) is 21.7 Å². The molecule has 0 aliphatic carbocycles. The third-order valence-corrected chi connectivity index (χ3v) is 1.89. The van der Waals surface area contributed by atoms with Gasteiger partial charge in [0.25, 0.3) is 0 Å². The second kappa shape index (κ2) is 11.4. The molecule has 2 rings (SSSR count). The average Bonchev–Trinajstić information content (AvgIpc) is 2.96. The van der Waals surface area contributed by atoms with Crippen molar-refractivity contribution in [2.45, 2.75) is 27.1 Å². The zero-order valence-corrected chi connectivity index (χ0v) is 12.8. The predicted molar refractivity (Wildman–Crippen MR) is 71.8 cm³/mol. The number of hydrogen-bond acceptors (Lipinski definition) is 2. The molecule has 0 atom stereocenters. The van der Waals surface area contributed by atoms with E-state index < -0.39 is 6.29 Å². The third kappa shape index (κ3) is 13.4. The molecule has 0 aliphatic heterocycles. The van der Waals surface area contributed by atoms with Crippen molar-refractivity contribution >= 4 is 0 Å². The fourth-order valence-corrected chi connectivity index (χ4v) is 0.642. The molecule has 2 aromatic rings. The summed E-state index contributed by atoms with van der Waals surface area (Å²) in [6.07, 6.45) is -1.20. The summed E-state index contributed by atoms with van der Waals surface area (Å²) in [7, 11) is 0. The van der Waals surface area contributed by atoms with Crippen LogP contribution < -0.4 is 0 Å². The van der Waals surface area contributed by atoms with Gasteiger partial charge in [0.1, 0.15) is 0 Å². The van der Waals surface area contributed by atoms with Crippen LogP contribution >= 0.6 is 0 Å². The Kier molecular flexibility index (Phi) is 12.5. The van der Waals surface area contributed by atoms with Crippen LogP contribution in [0.1, 0.15) is 20.8 Å². The molecule has 0 radical (unpaired) electrons. The van der Waals surface area contributed by atoms with E-state index >= 15 is 0 Å². The topological polar surface area (TPSA) is 40.5 Å². The number of aliphatic hydroxyl groups excluding tert-OH is 1. The van der Waals surface area contributed by atoms with Gasteiger partial charge in [-0.05, 0) is 0 Å². The molecule has 0 aromatic heterocycles. The van der Waals surface area contributed by atoms with Gasteiger partial charge in [0.15, 0.2) is 6.29 Å². The van der Waals surface area contributed by atoms with Crippen LogP contribution in [0.3, 0.4) is 0 Å². The Hall–Kier alpha value is -0.666. The average molecular weight is 282 g/mol. The van der Waals surface area contributed by atoms with Gasteiger partial charge < -0.3 is 10.2 Å². The Bertz CT molecular complexity index is 257. The Balaban J connectivity index is 0. The molecule has 2 aromatic carbocycles. The molecule has 3 heteroatoms. The molecule has 0 aliphatic rings. The van der Waals surface area contributed by atoms with Crippen molar-refractivity contribution in [3.63, 3.8) is 0 Å². The van der Waals surface area contributed by atoms with Crippen molar-refractivity contribution in [3.05, 3.63) is 60.7 Å². The SMILES string of the molecule is CC(C)(C)C(O)O.[Ti].c1cc[cH-]c1.c1cc[cH-]c1. The molecule has 0 amide bonds. The minimum atomic E-state index is -1.20. The summed E-state index contributed by atoms with van der Waals surface area (Å²) in [5, 5.41) is 16.9. The minimum Gasteiger partial charge on any atom is -0.368 e. The zero-order chi connectivity index (χ0) is 13.1. The van der Waals surface area contributed by atoms with Crippen molar-refractivity contribution in [2.24, 2.45) is 5.41 Å². The monoisotopic (exact) mass is 282 g/mol. The van der Waals surface area contributed by atoms with Gasteiger partial charge >= 0.3 is 0 Å². The molecule has 0 bridgehead atoms. The van der Waals surface area contributed by atoms with E-state index in [-0.39, 0.29) is 27.1 Å². The van der Waals surface area contributed by atoms with E-state index in [1.54, 1.807) is 20.8 Å². The zero-order valence-electron chi connectivity index (χ0n) is 11.2. The Labute approximate surface area is 125 Å². The molecule has 2 nitrogen and oxygen atoms in total. The summed E-state index contributed by atoms with van der Waals surface area (Å²) < 4.78 is 0. The van der Waals surface area contributed by atoms with Crippen LogP contribution in [0.2, 0.25) is 0 Å². The second-order valence-electron chi connectivity index (χ2n) is 4.66. The van der Waals surface area contributed by atoms with Crippen LogP contribution in [0.4, 0.5) is 0 Å². The summed E-state index contributed by atoms with van der Waals surface area (Å²) >= 11 is 0. The molecular weight excluding hydrogens is 260 g/mol. The predicted octanol–water partition coefficient (Wildman–Crippen LogP) is 3.15. The smallest absolute Gasteiger partial charge is 0.156 e. The summed E-state index contributed by atoms with van der Waals surface area (Å²) in [4.78, 5) is 0. The van der Waals surface area contributed by atoms with Gasteiger partial charge in [-0.2, -0.15) is 36.4 Å². The van der Waals surface area contributed by atoms with Crippen molar-refractivity contribution < 1.29 is 31.9 Å². The van der Waals surface area contributed by atoms with Gasteiger partial charge in [-0.3, -0.25) is 0 Å². The van der Waals surface area contributed by atoms with Gasteiger partial charge in [0, 0.05) is 27.1 Å². The fraction of sp³-hybridized carbons (Fsp3) is 0.333. The maximum absolute atomic E-state index is 8.44. The standard InChI is InChI=1S/C5H12O2.2C5H5.Ti/c1-5(2,3)4(6)7;2*1-2-4-5-3-1;/h4,6-7H,1-3H3;2*1-5H;/q;2*-1;. The van der Waals surface area contributed by atoms with E-state index in [4.69, 9.17) is 10.2 Å². The molecule has 0 spiro atoms. The molecule has 0 heterocycles. The first-order valence-corrected chi connectivity index (χ1v) is 5.64. The molecule has 0 fully saturated rings. The largest absolute Gasteiger partial charge is 0.368 e. The summed E-state index contributed by atoms with van der Waals surface area (Å²) in [5.74, 6) is 0. The van der Waals surface area contributed by atoms with Crippen LogP contribution in [0.5, 0.6) is 0 Å². The van der Waals surface area contributed by atoms with Crippen molar-refractivity contribution in [3.8, 4) is 0 Å². The minimum absolute atomic E-state index is 0. The van der Waals surface area contributed by atoms with E-state index in [0.29, 0.717) is 0 Å². The molecule has 18 heavy (non-hydrogen) atoms. The normalized spacial score (nSPS) is 9.44. The van der Waals surface area contributed by atoms with E-state index in [2.05, 4.69) is 0 Å². The Morgan fingerprint density at radius 1 is 0.778 bits per heavy atom. The molecule has 100 valence electrons. The summed E-state index contributed by atoms with van der Waals surface area (Å²) in [6.45, 7) is 5.28. The Morgan fingerprint density at radius 2 is 1.00 bits per heavy atom.